The maximum absolute atomic E-state index is 9.02. The molecule has 0 unspecified atom stereocenters. The van der Waals surface area contributed by atoms with Crippen molar-refractivity contribution in [3.05, 3.63) is 59.8 Å². The molecule has 0 saturated heterocycles. The Bertz CT molecular complexity index is 997. The number of aromatic nitrogens is 4. The highest BCUT2D eigenvalue weighted by atomic mass is 16.5. The summed E-state index contributed by atoms with van der Waals surface area (Å²) >= 11 is 0. The van der Waals surface area contributed by atoms with E-state index in [1.807, 2.05) is 43.3 Å². The molecule has 0 N–H and O–H groups in total. The van der Waals surface area contributed by atoms with E-state index in [4.69, 9.17) is 14.7 Å². The van der Waals surface area contributed by atoms with Crippen LogP contribution in [0.3, 0.4) is 0 Å². The van der Waals surface area contributed by atoms with Crippen LogP contribution >= 0.6 is 0 Å². The first-order valence-corrected chi connectivity index (χ1v) is 9.77. The maximum Gasteiger partial charge on any atom is 0.213 e. The zero-order chi connectivity index (χ0) is 20.2. The highest BCUT2D eigenvalue weighted by Gasteiger charge is 2.28. The van der Waals surface area contributed by atoms with Crippen LogP contribution < -0.4 is 9.47 Å². The summed E-state index contributed by atoms with van der Waals surface area (Å²) in [6.07, 6.45) is 5.67. The molecular weight excluding hydrogens is 366 g/mol. The first kappa shape index (κ1) is 18.9. The second-order valence-corrected chi connectivity index (χ2v) is 7.23. The summed E-state index contributed by atoms with van der Waals surface area (Å²) in [7, 11) is 1.62. The van der Waals surface area contributed by atoms with E-state index in [9.17, 15) is 0 Å². The summed E-state index contributed by atoms with van der Waals surface area (Å²) in [6.45, 7) is 1.96. The fourth-order valence-electron chi connectivity index (χ4n) is 3.81. The number of rotatable bonds is 5. The van der Waals surface area contributed by atoms with Crippen LogP contribution in [0, 0.1) is 18.3 Å². The van der Waals surface area contributed by atoms with Crippen molar-refractivity contribution in [2.45, 2.75) is 44.6 Å². The topological polar surface area (TPSA) is 85.9 Å². The average Bonchev–Trinajstić information content (AvgIpc) is 3.16. The highest BCUT2D eigenvalue weighted by Crippen LogP contribution is 2.35. The molecule has 2 heterocycles. The van der Waals surface area contributed by atoms with Crippen molar-refractivity contribution in [2.75, 3.05) is 7.11 Å². The Balaban J connectivity index is 1.44. The lowest BCUT2D eigenvalue weighted by Gasteiger charge is -2.28. The van der Waals surface area contributed by atoms with E-state index in [1.54, 1.807) is 13.3 Å². The van der Waals surface area contributed by atoms with Gasteiger partial charge >= 0.3 is 0 Å². The Kier molecular flexibility index (Phi) is 5.43. The summed E-state index contributed by atoms with van der Waals surface area (Å²) < 4.78 is 13.3. The Morgan fingerprint density at radius 1 is 1.03 bits per heavy atom. The van der Waals surface area contributed by atoms with Crippen molar-refractivity contribution >= 4 is 0 Å². The summed E-state index contributed by atoms with van der Waals surface area (Å²) in [5.41, 5.74) is 1.63. The molecule has 0 radical (unpaired) electrons. The molecule has 0 aliphatic heterocycles. The lowest BCUT2D eigenvalue weighted by atomic mass is 9.86. The molecule has 148 valence electrons. The van der Waals surface area contributed by atoms with Gasteiger partial charge in [0.1, 0.15) is 23.5 Å². The van der Waals surface area contributed by atoms with Gasteiger partial charge in [-0.1, -0.05) is 0 Å². The lowest BCUT2D eigenvalue weighted by molar-refractivity contribution is 0.138. The normalized spacial score (nSPS) is 18.8. The molecule has 0 atom stereocenters. The van der Waals surface area contributed by atoms with Crippen LogP contribution in [0.25, 0.3) is 5.69 Å². The molecule has 29 heavy (non-hydrogen) atoms. The minimum atomic E-state index is 0.152. The molecule has 7 heteroatoms. The van der Waals surface area contributed by atoms with Crippen molar-refractivity contribution in [3.63, 3.8) is 0 Å². The van der Waals surface area contributed by atoms with Crippen LogP contribution in [0.1, 0.15) is 48.8 Å². The molecule has 7 nitrogen and oxygen atoms in total. The standard InChI is InChI=1S/C22H23N5O2/c1-15-25-26-22(27(15)18-7-3-16(13-23)4-8-18)17-5-9-19(10-6-17)29-21-12-11-20(28-2)14-24-21/h3-4,7-8,11-12,14,17,19H,5-6,9-10H2,1-2H3/t17-,19-. The van der Waals surface area contributed by atoms with E-state index in [0.29, 0.717) is 17.4 Å². The highest BCUT2D eigenvalue weighted by molar-refractivity contribution is 5.41. The van der Waals surface area contributed by atoms with Crippen LogP contribution in [-0.4, -0.2) is 33.0 Å². The number of ether oxygens (including phenoxy) is 2. The number of pyridine rings is 1. The predicted octanol–water partition coefficient (Wildman–Crippen LogP) is 3.96. The molecule has 1 aliphatic rings. The van der Waals surface area contributed by atoms with Gasteiger partial charge in [0, 0.05) is 17.7 Å². The molecule has 0 spiro atoms. The van der Waals surface area contributed by atoms with E-state index < -0.39 is 0 Å². The largest absolute Gasteiger partial charge is 0.495 e. The van der Waals surface area contributed by atoms with E-state index in [0.717, 1.165) is 48.8 Å². The molecule has 0 bridgehead atoms. The van der Waals surface area contributed by atoms with E-state index in [2.05, 4.69) is 25.8 Å². The zero-order valence-electron chi connectivity index (χ0n) is 16.6. The summed E-state index contributed by atoms with van der Waals surface area (Å²) in [5.74, 6) is 3.51. The number of benzene rings is 1. The smallest absolute Gasteiger partial charge is 0.213 e. The molecule has 1 saturated carbocycles. The van der Waals surface area contributed by atoms with Gasteiger partial charge in [0.25, 0.3) is 0 Å². The Hall–Kier alpha value is -3.40. The minimum Gasteiger partial charge on any atom is -0.495 e. The van der Waals surface area contributed by atoms with Crippen molar-refractivity contribution < 1.29 is 9.47 Å². The fraction of sp³-hybridized carbons (Fsp3) is 0.364. The second-order valence-electron chi connectivity index (χ2n) is 7.23. The van der Waals surface area contributed by atoms with Crippen LogP contribution in [0.2, 0.25) is 0 Å². The first-order chi connectivity index (χ1) is 14.2. The van der Waals surface area contributed by atoms with Crippen molar-refractivity contribution in [2.24, 2.45) is 0 Å². The SMILES string of the molecule is COc1ccc(O[C@H]2CC[C@H](c3nnc(C)n3-c3ccc(C#N)cc3)CC2)nc1. The Morgan fingerprint density at radius 2 is 1.79 bits per heavy atom. The summed E-state index contributed by atoms with van der Waals surface area (Å²) in [4.78, 5) is 4.30. The van der Waals surface area contributed by atoms with E-state index in [1.165, 1.54) is 0 Å². The number of aryl methyl sites for hydroxylation is 1. The third kappa shape index (κ3) is 4.06. The third-order valence-corrected chi connectivity index (χ3v) is 5.38. The third-order valence-electron chi connectivity index (χ3n) is 5.38. The van der Waals surface area contributed by atoms with E-state index in [-0.39, 0.29) is 6.10 Å². The van der Waals surface area contributed by atoms with Gasteiger partial charge in [-0.05, 0) is 62.9 Å². The molecule has 2 aromatic heterocycles. The number of nitrogens with zero attached hydrogens (tertiary/aromatic N) is 5. The Morgan fingerprint density at radius 3 is 2.41 bits per heavy atom. The van der Waals surface area contributed by atoms with Gasteiger partial charge in [-0.2, -0.15) is 5.26 Å². The van der Waals surface area contributed by atoms with Crippen molar-refractivity contribution in [3.8, 4) is 23.4 Å². The van der Waals surface area contributed by atoms with Gasteiger partial charge in [-0.15, -0.1) is 10.2 Å². The average molecular weight is 389 g/mol. The summed E-state index contributed by atoms with van der Waals surface area (Å²) in [6, 6.07) is 13.4. The number of hydrogen-bond donors (Lipinski definition) is 0. The molecule has 4 rings (SSSR count). The molecule has 0 amide bonds. The van der Waals surface area contributed by atoms with Crippen LogP contribution in [-0.2, 0) is 0 Å². The molecule has 1 aliphatic carbocycles. The lowest BCUT2D eigenvalue weighted by Crippen LogP contribution is -2.25. The number of nitriles is 1. The molecule has 1 aromatic carbocycles. The summed E-state index contributed by atoms with van der Waals surface area (Å²) in [5, 5.41) is 17.8. The van der Waals surface area contributed by atoms with Gasteiger partial charge < -0.3 is 9.47 Å². The van der Waals surface area contributed by atoms with Gasteiger partial charge in [-0.25, -0.2) is 4.98 Å². The second kappa shape index (κ2) is 8.31. The van der Waals surface area contributed by atoms with Gasteiger partial charge in [0.15, 0.2) is 0 Å². The van der Waals surface area contributed by atoms with Gasteiger partial charge in [0.05, 0.1) is 24.9 Å². The molecule has 1 fully saturated rings. The van der Waals surface area contributed by atoms with Crippen molar-refractivity contribution in [1.29, 1.82) is 5.26 Å². The fourth-order valence-corrected chi connectivity index (χ4v) is 3.81. The molecular formula is C22H23N5O2. The van der Waals surface area contributed by atoms with E-state index >= 15 is 0 Å². The first-order valence-electron chi connectivity index (χ1n) is 9.77. The van der Waals surface area contributed by atoms with Crippen LogP contribution in [0.15, 0.2) is 42.6 Å². The Labute approximate surface area is 169 Å². The minimum absolute atomic E-state index is 0.152. The van der Waals surface area contributed by atoms with Gasteiger partial charge in [-0.3, -0.25) is 4.57 Å². The molecule has 3 aromatic rings. The van der Waals surface area contributed by atoms with Crippen molar-refractivity contribution in [1.82, 2.24) is 19.7 Å². The van der Waals surface area contributed by atoms with Crippen LogP contribution in [0.4, 0.5) is 0 Å². The monoisotopic (exact) mass is 389 g/mol. The van der Waals surface area contributed by atoms with Crippen LogP contribution in [0.5, 0.6) is 11.6 Å². The quantitative estimate of drug-likeness (QED) is 0.657. The number of hydrogen-bond acceptors (Lipinski definition) is 6. The number of methoxy groups -OCH3 is 1. The zero-order valence-corrected chi connectivity index (χ0v) is 16.6. The van der Waals surface area contributed by atoms with Gasteiger partial charge in [0.2, 0.25) is 5.88 Å². The maximum atomic E-state index is 9.02. The predicted molar refractivity (Wildman–Crippen MR) is 107 cm³/mol.